The van der Waals surface area contributed by atoms with Gasteiger partial charge in [-0.25, -0.2) is 13.8 Å². The molecule has 3 rings (SSSR count). The summed E-state index contributed by atoms with van der Waals surface area (Å²) in [5.41, 5.74) is 1.00. The fourth-order valence-electron chi connectivity index (χ4n) is 2.60. The molecule has 2 aromatic rings. The Bertz CT molecular complexity index is 810. The van der Waals surface area contributed by atoms with E-state index in [4.69, 9.17) is 0 Å². The van der Waals surface area contributed by atoms with Crippen molar-refractivity contribution in [3.8, 4) is 0 Å². The summed E-state index contributed by atoms with van der Waals surface area (Å²) in [6.07, 6.45) is 2.06. The zero-order valence-corrected chi connectivity index (χ0v) is 12.8. The lowest BCUT2D eigenvalue weighted by Gasteiger charge is -2.10. The normalized spacial score (nSPS) is 18.8. The Morgan fingerprint density at radius 1 is 1.17 bits per heavy atom. The molecule has 1 heterocycles. The number of halogens is 2. The van der Waals surface area contributed by atoms with Crippen LogP contribution in [0.1, 0.15) is 24.8 Å². The van der Waals surface area contributed by atoms with Crippen LogP contribution in [0.5, 0.6) is 0 Å². The predicted molar refractivity (Wildman–Crippen MR) is 84.4 cm³/mol. The van der Waals surface area contributed by atoms with Gasteiger partial charge in [0.25, 0.3) is 0 Å². The van der Waals surface area contributed by atoms with Crippen LogP contribution in [0, 0.1) is 17.6 Å². The van der Waals surface area contributed by atoms with Crippen LogP contribution >= 0.6 is 0 Å². The van der Waals surface area contributed by atoms with E-state index in [0.717, 1.165) is 12.1 Å². The highest BCUT2D eigenvalue weighted by Crippen LogP contribution is 2.48. The van der Waals surface area contributed by atoms with Gasteiger partial charge in [-0.3, -0.25) is 9.59 Å². The molecule has 0 aliphatic heterocycles. The molecule has 1 saturated carbocycles. The van der Waals surface area contributed by atoms with Crippen LogP contribution in [0.25, 0.3) is 0 Å². The van der Waals surface area contributed by atoms with Gasteiger partial charge < -0.3 is 10.6 Å². The number of hydrogen-bond acceptors (Lipinski definition) is 3. The molecule has 0 spiro atoms. The number of carbonyl (C=O) groups excluding carboxylic acids is 2. The topological polar surface area (TPSA) is 71.1 Å². The van der Waals surface area contributed by atoms with Gasteiger partial charge in [0, 0.05) is 19.0 Å². The highest BCUT2D eigenvalue weighted by atomic mass is 19.2. The summed E-state index contributed by atoms with van der Waals surface area (Å²) in [6, 6.07) is 6.94. The first-order valence-electron chi connectivity index (χ1n) is 7.44. The van der Waals surface area contributed by atoms with Crippen molar-refractivity contribution in [1.29, 1.82) is 0 Å². The van der Waals surface area contributed by atoms with Crippen molar-refractivity contribution in [1.82, 2.24) is 4.98 Å². The molecule has 1 fully saturated rings. The first kappa shape index (κ1) is 16.0. The SMILES string of the molecule is CC(=O)Nc1cccnc1NC(=O)[C@H]1C[C@@H]1c1ccc(F)c(F)c1. The average Bonchev–Trinajstić information content (AvgIpc) is 3.32. The van der Waals surface area contributed by atoms with Crippen LogP contribution in [0.2, 0.25) is 0 Å². The van der Waals surface area contributed by atoms with E-state index in [1.165, 1.54) is 19.2 Å². The Morgan fingerprint density at radius 2 is 1.96 bits per heavy atom. The molecule has 124 valence electrons. The molecule has 2 atom stereocenters. The predicted octanol–water partition coefficient (Wildman–Crippen LogP) is 3.06. The van der Waals surface area contributed by atoms with Crippen molar-refractivity contribution in [3.05, 3.63) is 53.7 Å². The van der Waals surface area contributed by atoms with E-state index >= 15 is 0 Å². The molecular weight excluding hydrogens is 316 g/mol. The summed E-state index contributed by atoms with van der Waals surface area (Å²) in [4.78, 5) is 27.5. The van der Waals surface area contributed by atoms with Crippen LogP contribution in [0.4, 0.5) is 20.3 Å². The zero-order chi connectivity index (χ0) is 17.3. The van der Waals surface area contributed by atoms with Gasteiger partial charge in [-0.05, 0) is 42.2 Å². The van der Waals surface area contributed by atoms with Gasteiger partial charge in [0.2, 0.25) is 11.8 Å². The molecule has 0 bridgehead atoms. The molecular formula is C17H15F2N3O2. The molecule has 1 aliphatic rings. The minimum Gasteiger partial charge on any atom is -0.323 e. The van der Waals surface area contributed by atoms with E-state index in [1.807, 2.05) is 0 Å². The van der Waals surface area contributed by atoms with Crippen molar-refractivity contribution in [2.24, 2.45) is 5.92 Å². The monoisotopic (exact) mass is 331 g/mol. The number of amides is 2. The molecule has 1 aromatic carbocycles. The number of benzene rings is 1. The lowest BCUT2D eigenvalue weighted by molar-refractivity contribution is -0.117. The van der Waals surface area contributed by atoms with Crippen molar-refractivity contribution in [3.63, 3.8) is 0 Å². The third-order valence-electron chi connectivity index (χ3n) is 3.86. The molecule has 2 amide bonds. The quantitative estimate of drug-likeness (QED) is 0.904. The molecule has 5 nitrogen and oxygen atoms in total. The van der Waals surface area contributed by atoms with Crippen LogP contribution in [0.3, 0.4) is 0 Å². The van der Waals surface area contributed by atoms with Crippen LogP contribution in [-0.2, 0) is 9.59 Å². The van der Waals surface area contributed by atoms with Gasteiger partial charge in [-0.2, -0.15) is 0 Å². The first-order chi connectivity index (χ1) is 11.5. The number of rotatable bonds is 4. The van der Waals surface area contributed by atoms with E-state index in [-0.39, 0.29) is 29.5 Å². The molecule has 2 N–H and O–H groups in total. The minimum absolute atomic E-state index is 0.145. The Morgan fingerprint density at radius 3 is 2.67 bits per heavy atom. The smallest absolute Gasteiger partial charge is 0.229 e. The number of nitrogens with one attached hydrogen (secondary N) is 2. The number of carbonyl (C=O) groups is 2. The number of anilines is 2. The fraction of sp³-hybridized carbons (Fsp3) is 0.235. The molecule has 1 aliphatic carbocycles. The van der Waals surface area contributed by atoms with Gasteiger partial charge >= 0.3 is 0 Å². The van der Waals surface area contributed by atoms with Gasteiger partial charge in [-0.15, -0.1) is 0 Å². The number of hydrogen-bond donors (Lipinski definition) is 2. The van der Waals surface area contributed by atoms with Crippen molar-refractivity contribution in [2.45, 2.75) is 19.3 Å². The average molecular weight is 331 g/mol. The lowest BCUT2D eigenvalue weighted by atomic mass is 10.1. The van der Waals surface area contributed by atoms with Gasteiger partial charge in [0.1, 0.15) is 0 Å². The highest BCUT2D eigenvalue weighted by Gasteiger charge is 2.44. The molecule has 0 unspecified atom stereocenters. The molecule has 24 heavy (non-hydrogen) atoms. The third kappa shape index (κ3) is 3.40. The Kier molecular flexibility index (Phi) is 4.24. The van der Waals surface area contributed by atoms with E-state index in [2.05, 4.69) is 15.6 Å². The first-order valence-corrected chi connectivity index (χ1v) is 7.44. The van der Waals surface area contributed by atoms with Gasteiger partial charge in [0.05, 0.1) is 5.69 Å². The maximum atomic E-state index is 13.3. The van der Waals surface area contributed by atoms with Crippen LogP contribution < -0.4 is 10.6 Å². The van der Waals surface area contributed by atoms with Crippen molar-refractivity contribution < 1.29 is 18.4 Å². The maximum Gasteiger partial charge on any atom is 0.229 e. The van der Waals surface area contributed by atoms with E-state index in [0.29, 0.717) is 17.7 Å². The number of nitrogens with zero attached hydrogens (tertiary/aromatic N) is 1. The standard InChI is InChI=1S/C17H15F2N3O2/c1-9(23)21-15-3-2-6-20-16(15)22-17(24)12-8-11(12)10-4-5-13(18)14(19)7-10/h2-7,11-12H,8H2,1H3,(H,21,23)(H,20,22,24)/t11-,12+/m1/s1. The Labute approximate surface area is 137 Å². The second-order valence-corrected chi connectivity index (χ2v) is 5.69. The summed E-state index contributed by atoms with van der Waals surface area (Å²) in [5, 5.41) is 5.26. The third-order valence-corrected chi connectivity index (χ3v) is 3.86. The van der Waals surface area contributed by atoms with Gasteiger partial charge in [0.15, 0.2) is 17.5 Å². The zero-order valence-electron chi connectivity index (χ0n) is 12.8. The van der Waals surface area contributed by atoms with E-state index < -0.39 is 11.6 Å². The van der Waals surface area contributed by atoms with Crippen molar-refractivity contribution >= 4 is 23.3 Å². The minimum atomic E-state index is -0.920. The van der Waals surface area contributed by atoms with Gasteiger partial charge in [-0.1, -0.05) is 6.07 Å². The summed E-state index contributed by atoms with van der Waals surface area (Å²) in [6.45, 7) is 1.36. The van der Waals surface area contributed by atoms with Crippen LogP contribution in [0.15, 0.2) is 36.5 Å². The maximum absolute atomic E-state index is 13.3. The van der Waals surface area contributed by atoms with Crippen molar-refractivity contribution in [2.75, 3.05) is 10.6 Å². The summed E-state index contributed by atoms with van der Waals surface area (Å²) in [5.74, 6) is -2.59. The second-order valence-electron chi connectivity index (χ2n) is 5.69. The second kappa shape index (κ2) is 6.35. The molecule has 0 radical (unpaired) electrons. The molecule has 1 aromatic heterocycles. The lowest BCUT2D eigenvalue weighted by Crippen LogP contribution is -2.18. The molecule has 7 heteroatoms. The fourth-order valence-corrected chi connectivity index (χ4v) is 2.60. The molecule has 0 saturated heterocycles. The largest absolute Gasteiger partial charge is 0.323 e. The van der Waals surface area contributed by atoms with E-state index in [9.17, 15) is 18.4 Å². The Hall–Kier alpha value is -2.83. The van der Waals surface area contributed by atoms with E-state index in [1.54, 1.807) is 12.1 Å². The Balaban J connectivity index is 1.69. The highest BCUT2D eigenvalue weighted by molar-refractivity contribution is 5.99. The summed E-state index contributed by atoms with van der Waals surface area (Å²) in [7, 11) is 0. The summed E-state index contributed by atoms with van der Waals surface area (Å²) >= 11 is 0. The van der Waals surface area contributed by atoms with Crippen LogP contribution in [-0.4, -0.2) is 16.8 Å². The summed E-state index contributed by atoms with van der Waals surface area (Å²) < 4.78 is 26.3. The number of aromatic nitrogens is 1. The number of pyridine rings is 1.